The molecule has 0 saturated carbocycles. The first-order chi connectivity index (χ1) is 11.5. The van der Waals surface area contributed by atoms with Gasteiger partial charge in [0, 0.05) is 11.8 Å². The van der Waals surface area contributed by atoms with Crippen molar-refractivity contribution >= 4 is 46.6 Å². The summed E-state index contributed by atoms with van der Waals surface area (Å²) >= 11 is 11.1. The molecule has 0 aliphatic carbocycles. The summed E-state index contributed by atoms with van der Waals surface area (Å²) in [5.74, 6) is -0.198. The van der Waals surface area contributed by atoms with E-state index in [-0.39, 0.29) is 10.9 Å². The number of hydrogen-bond donors (Lipinski definition) is 2. The van der Waals surface area contributed by atoms with Crippen LogP contribution < -0.4 is 15.4 Å². The Morgan fingerprint density at radius 1 is 1.25 bits per heavy atom. The van der Waals surface area contributed by atoms with Crippen molar-refractivity contribution in [2.75, 3.05) is 12.4 Å². The van der Waals surface area contributed by atoms with E-state index in [0.29, 0.717) is 22.0 Å². The van der Waals surface area contributed by atoms with Gasteiger partial charge in [-0.2, -0.15) is 0 Å². The predicted octanol–water partition coefficient (Wildman–Crippen LogP) is 4.01. The van der Waals surface area contributed by atoms with Gasteiger partial charge >= 0.3 is 0 Å². The topological polar surface area (TPSA) is 50.4 Å². The minimum Gasteiger partial charge on any atom is -0.495 e. The van der Waals surface area contributed by atoms with Crippen molar-refractivity contribution < 1.29 is 13.9 Å². The fourth-order valence-corrected chi connectivity index (χ4v) is 2.28. The van der Waals surface area contributed by atoms with Gasteiger partial charge in [0.15, 0.2) is 5.11 Å². The van der Waals surface area contributed by atoms with Gasteiger partial charge in [-0.3, -0.25) is 10.1 Å². The van der Waals surface area contributed by atoms with Gasteiger partial charge in [0.2, 0.25) is 5.91 Å². The van der Waals surface area contributed by atoms with E-state index in [2.05, 4.69) is 10.6 Å². The summed E-state index contributed by atoms with van der Waals surface area (Å²) < 4.78 is 17.9. The number of nitrogens with one attached hydrogen (secondary N) is 2. The summed E-state index contributed by atoms with van der Waals surface area (Å²) in [6, 6.07) is 10.8. The minimum absolute atomic E-state index is 0.130. The van der Waals surface area contributed by atoms with Crippen LogP contribution in [0.1, 0.15) is 5.56 Å². The first kappa shape index (κ1) is 17.9. The van der Waals surface area contributed by atoms with Crippen LogP contribution >= 0.6 is 23.8 Å². The molecular formula is C17H14ClFN2O2S. The van der Waals surface area contributed by atoms with E-state index >= 15 is 0 Å². The molecule has 2 aromatic carbocycles. The SMILES string of the molecule is COc1ccc(NC(=S)NC(=O)C=Cc2ccc(F)cc2)cc1Cl. The van der Waals surface area contributed by atoms with E-state index in [1.165, 1.54) is 25.3 Å². The highest BCUT2D eigenvalue weighted by molar-refractivity contribution is 7.80. The molecule has 0 fully saturated rings. The molecule has 4 nitrogen and oxygen atoms in total. The maximum absolute atomic E-state index is 12.8. The summed E-state index contributed by atoms with van der Waals surface area (Å²) in [4.78, 5) is 11.8. The molecule has 2 aromatic rings. The van der Waals surface area contributed by atoms with E-state index < -0.39 is 5.91 Å². The largest absolute Gasteiger partial charge is 0.495 e. The Hall–Kier alpha value is -2.44. The van der Waals surface area contributed by atoms with Crippen molar-refractivity contribution in [2.24, 2.45) is 0 Å². The number of carbonyl (C=O) groups excluding carboxylic acids is 1. The zero-order valence-electron chi connectivity index (χ0n) is 12.7. The van der Waals surface area contributed by atoms with Crippen LogP contribution in [0, 0.1) is 5.82 Å². The van der Waals surface area contributed by atoms with Crippen molar-refractivity contribution in [3.8, 4) is 5.75 Å². The zero-order chi connectivity index (χ0) is 17.5. The standard InChI is InChI=1S/C17H14ClFN2O2S/c1-23-15-8-7-13(10-14(15)18)20-17(24)21-16(22)9-4-11-2-5-12(19)6-3-11/h2-10H,1H3,(H2,20,21,22,24). The van der Waals surface area contributed by atoms with Crippen LogP contribution in [0.4, 0.5) is 10.1 Å². The molecule has 0 aromatic heterocycles. The van der Waals surface area contributed by atoms with Crippen molar-refractivity contribution in [1.29, 1.82) is 0 Å². The number of ether oxygens (including phenoxy) is 1. The van der Waals surface area contributed by atoms with E-state index in [9.17, 15) is 9.18 Å². The second-order valence-electron chi connectivity index (χ2n) is 4.68. The van der Waals surface area contributed by atoms with Gasteiger partial charge < -0.3 is 10.1 Å². The van der Waals surface area contributed by atoms with E-state index in [1.54, 1.807) is 36.4 Å². The highest BCUT2D eigenvalue weighted by atomic mass is 35.5. The Morgan fingerprint density at radius 3 is 2.58 bits per heavy atom. The number of anilines is 1. The second kappa shape index (κ2) is 8.42. The van der Waals surface area contributed by atoms with Crippen LogP contribution in [0.3, 0.4) is 0 Å². The molecule has 0 spiro atoms. The van der Waals surface area contributed by atoms with Crippen LogP contribution in [0.15, 0.2) is 48.5 Å². The monoisotopic (exact) mass is 364 g/mol. The minimum atomic E-state index is -0.406. The number of halogens is 2. The smallest absolute Gasteiger partial charge is 0.250 e. The van der Waals surface area contributed by atoms with Gasteiger partial charge in [-0.05, 0) is 54.2 Å². The highest BCUT2D eigenvalue weighted by Gasteiger charge is 2.05. The fourth-order valence-electron chi connectivity index (χ4n) is 1.81. The molecule has 2 N–H and O–H groups in total. The quantitative estimate of drug-likeness (QED) is 0.635. The second-order valence-corrected chi connectivity index (χ2v) is 5.49. The maximum atomic E-state index is 12.8. The van der Waals surface area contributed by atoms with E-state index in [4.69, 9.17) is 28.6 Å². The van der Waals surface area contributed by atoms with Crippen molar-refractivity contribution in [3.05, 3.63) is 64.9 Å². The number of thiocarbonyl (C=S) groups is 1. The lowest BCUT2D eigenvalue weighted by atomic mass is 10.2. The summed E-state index contributed by atoms with van der Waals surface area (Å²) in [5.41, 5.74) is 1.32. The molecule has 0 saturated heterocycles. The van der Waals surface area contributed by atoms with Gasteiger partial charge in [0.05, 0.1) is 12.1 Å². The Bertz CT molecular complexity index is 779. The summed E-state index contributed by atoms with van der Waals surface area (Å²) in [6.07, 6.45) is 2.86. The molecule has 0 unspecified atom stereocenters. The zero-order valence-corrected chi connectivity index (χ0v) is 14.2. The van der Waals surface area contributed by atoms with Gasteiger partial charge in [-0.25, -0.2) is 4.39 Å². The van der Waals surface area contributed by atoms with Gasteiger partial charge in [0.1, 0.15) is 11.6 Å². The number of methoxy groups -OCH3 is 1. The Kier molecular flexibility index (Phi) is 6.28. The number of rotatable bonds is 4. The lowest BCUT2D eigenvalue weighted by molar-refractivity contribution is -0.115. The third-order valence-corrected chi connectivity index (χ3v) is 3.44. The van der Waals surface area contributed by atoms with Crippen molar-refractivity contribution in [2.45, 2.75) is 0 Å². The molecule has 0 aliphatic rings. The number of carbonyl (C=O) groups is 1. The molecule has 124 valence electrons. The fraction of sp³-hybridized carbons (Fsp3) is 0.0588. The first-order valence-electron chi connectivity index (χ1n) is 6.87. The lowest BCUT2D eigenvalue weighted by Gasteiger charge is -2.10. The molecule has 0 radical (unpaired) electrons. The van der Waals surface area contributed by atoms with Crippen molar-refractivity contribution in [3.63, 3.8) is 0 Å². The normalized spacial score (nSPS) is 10.5. The molecule has 0 bridgehead atoms. The number of hydrogen-bond acceptors (Lipinski definition) is 3. The van der Waals surface area contributed by atoms with Gasteiger partial charge in [-0.15, -0.1) is 0 Å². The molecule has 24 heavy (non-hydrogen) atoms. The van der Waals surface area contributed by atoms with Crippen molar-refractivity contribution in [1.82, 2.24) is 5.32 Å². The third-order valence-electron chi connectivity index (χ3n) is 2.94. The van der Waals surface area contributed by atoms with E-state index in [1.807, 2.05) is 0 Å². The lowest BCUT2D eigenvalue weighted by Crippen LogP contribution is -2.32. The molecule has 0 atom stereocenters. The highest BCUT2D eigenvalue weighted by Crippen LogP contribution is 2.27. The maximum Gasteiger partial charge on any atom is 0.250 e. The number of amides is 1. The van der Waals surface area contributed by atoms with Crippen LogP contribution in [-0.2, 0) is 4.79 Å². The van der Waals surface area contributed by atoms with E-state index in [0.717, 1.165) is 0 Å². The Labute approximate surface area is 149 Å². The molecular weight excluding hydrogens is 351 g/mol. The Balaban J connectivity index is 1.90. The Morgan fingerprint density at radius 2 is 1.96 bits per heavy atom. The van der Waals surface area contributed by atoms with Crippen LogP contribution in [0.2, 0.25) is 5.02 Å². The molecule has 2 rings (SSSR count). The van der Waals surface area contributed by atoms with Crippen LogP contribution in [-0.4, -0.2) is 18.1 Å². The van der Waals surface area contributed by atoms with Crippen LogP contribution in [0.5, 0.6) is 5.75 Å². The van der Waals surface area contributed by atoms with Gasteiger partial charge in [0.25, 0.3) is 0 Å². The average molecular weight is 365 g/mol. The molecule has 7 heteroatoms. The van der Waals surface area contributed by atoms with Crippen LogP contribution in [0.25, 0.3) is 6.08 Å². The molecule has 0 heterocycles. The average Bonchev–Trinajstić information content (AvgIpc) is 2.54. The molecule has 0 aliphatic heterocycles. The summed E-state index contributed by atoms with van der Waals surface area (Å²) in [5, 5.41) is 5.90. The third kappa shape index (κ3) is 5.33. The molecule has 1 amide bonds. The summed E-state index contributed by atoms with van der Waals surface area (Å²) in [7, 11) is 1.52. The summed E-state index contributed by atoms with van der Waals surface area (Å²) in [6.45, 7) is 0. The predicted molar refractivity (Wildman–Crippen MR) is 97.8 cm³/mol. The number of benzene rings is 2. The van der Waals surface area contributed by atoms with Gasteiger partial charge in [-0.1, -0.05) is 23.7 Å². The first-order valence-corrected chi connectivity index (χ1v) is 7.65.